The van der Waals surface area contributed by atoms with Crippen molar-refractivity contribution in [3.63, 3.8) is 0 Å². The normalized spacial score (nSPS) is 10.3. The van der Waals surface area contributed by atoms with Crippen LogP contribution in [0, 0.1) is 11.6 Å². The van der Waals surface area contributed by atoms with Gasteiger partial charge in [-0.25, -0.2) is 13.8 Å². The summed E-state index contributed by atoms with van der Waals surface area (Å²) in [6.45, 7) is 0.134. The SMILES string of the molecule is O=C(Cc1c(F)cccc1F)NCc1ncn[nH]1. The van der Waals surface area contributed by atoms with E-state index in [0.29, 0.717) is 5.82 Å². The molecule has 0 bridgehead atoms. The molecule has 1 aromatic heterocycles. The molecule has 0 aliphatic heterocycles. The quantitative estimate of drug-likeness (QED) is 0.850. The average molecular weight is 252 g/mol. The molecule has 0 aliphatic carbocycles. The summed E-state index contributed by atoms with van der Waals surface area (Å²) in [5, 5.41) is 8.64. The van der Waals surface area contributed by atoms with E-state index in [9.17, 15) is 13.6 Å². The lowest BCUT2D eigenvalue weighted by Crippen LogP contribution is -2.26. The van der Waals surface area contributed by atoms with Crippen molar-refractivity contribution < 1.29 is 13.6 Å². The largest absolute Gasteiger partial charge is 0.349 e. The molecule has 0 fully saturated rings. The maximum Gasteiger partial charge on any atom is 0.225 e. The lowest BCUT2D eigenvalue weighted by Gasteiger charge is -2.05. The minimum absolute atomic E-state index is 0.134. The van der Waals surface area contributed by atoms with Gasteiger partial charge >= 0.3 is 0 Å². The number of H-pyrrole nitrogens is 1. The van der Waals surface area contributed by atoms with E-state index in [-0.39, 0.29) is 18.5 Å². The van der Waals surface area contributed by atoms with Crippen LogP contribution >= 0.6 is 0 Å². The van der Waals surface area contributed by atoms with E-state index in [2.05, 4.69) is 20.5 Å². The Kier molecular flexibility index (Phi) is 3.61. The number of nitrogens with one attached hydrogen (secondary N) is 2. The van der Waals surface area contributed by atoms with Crippen molar-refractivity contribution in [2.24, 2.45) is 0 Å². The number of benzene rings is 1. The Balaban J connectivity index is 1.95. The Morgan fingerprint density at radius 1 is 1.33 bits per heavy atom. The van der Waals surface area contributed by atoms with E-state index in [1.54, 1.807) is 0 Å². The molecule has 1 aromatic carbocycles. The molecule has 5 nitrogen and oxygen atoms in total. The van der Waals surface area contributed by atoms with E-state index in [1.165, 1.54) is 12.4 Å². The molecule has 0 atom stereocenters. The summed E-state index contributed by atoms with van der Waals surface area (Å²) >= 11 is 0. The van der Waals surface area contributed by atoms with Crippen LogP contribution in [-0.4, -0.2) is 21.1 Å². The molecule has 7 heteroatoms. The third kappa shape index (κ3) is 2.88. The van der Waals surface area contributed by atoms with Crippen LogP contribution in [0.3, 0.4) is 0 Å². The van der Waals surface area contributed by atoms with Crippen LogP contribution in [0.1, 0.15) is 11.4 Å². The summed E-state index contributed by atoms with van der Waals surface area (Å²) in [6, 6.07) is 3.48. The van der Waals surface area contributed by atoms with E-state index in [1.807, 2.05) is 0 Å². The van der Waals surface area contributed by atoms with Gasteiger partial charge in [0.2, 0.25) is 5.91 Å². The monoisotopic (exact) mass is 252 g/mol. The first-order valence-corrected chi connectivity index (χ1v) is 5.20. The molecular formula is C11H10F2N4O. The Hall–Kier alpha value is -2.31. The van der Waals surface area contributed by atoms with Crippen LogP contribution in [0.4, 0.5) is 8.78 Å². The van der Waals surface area contributed by atoms with Crippen LogP contribution < -0.4 is 5.32 Å². The summed E-state index contributed by atoms with van der Waals surface area (Å²) in [7, 11) is 0. The zero-order valence-corrected chi connectivity index (χ0v) is 9.28. The molecule has 0 unspecified atom stereocenters. The second kappa shape index (κ2) is 5.35. The van der Waals surface area contributed by atoms with E-state index < -0.39 is 17.5 Å². The first-order chi connectivity index (χ1) is 8.66. The van der Waals surface area contributed by atoms with Crippen molar-refractivity contribution in [1.29, 1.82) is 0 Å². The standard InChI is InChI=1S/C11H10F2N4O/c12-8-2-1-3-9(13)7(8)4-11(18)14-5-10-15-6-16-17-10/h1-3,6H,4-5H2,(H,14,18)(H,15,16,17). The summed E-state index contributed by atoms with van der Waals surface area (Å²) in [5.74, 6) is -1.48. The first-order valence-electron chi connectivity index (χ1n) is 5.20. The molecule has 2 rings (SSSR count). The molecule has 1 amide bonds. The van der Waals surface area contributed by atoms with Crippen LogP contribution in [0.25, 0.3) is 0 Å². The molecule has 0 aliphatic rings. The Bertz CT molecular complexity index is 522. The third-order valence-corrected chi connectivity index (χ3v) is 2.32. The molecule has 1 heterocycles. The van der Waals surface area contributed by atoms with Gasteiger partial charge in [0.1, 0.15) is 23.8 Å². The van der Waals surface area contributed by atoms with Gasteiger partial charge in [0.25, 0.3) is 0 Å². The van der Waals surface area contributed by atoms with Crippen molar-refractivity contribution in [2.45, 2.75) is 13.0 Å². The second-order valence-electron chi connectivity index (χ2n) is 3.59. The minimum Gasteiger partial charge on any atom is -0.349 e. The highest BCUT2D eigenvalue weighted by atomic mass is 19.1. The summed E-state index contributed by atoms with van der Waals surface area (Å²) in [5.41, 5.74) is -0.243. The fourth-order valence-electron chi connectivity index (χ4n) is 1.42. The second-order valence-corrected chi connectivity index (χ2v) is 3.59. The van der Waals surface area contributed by atoms with Gasteiger partial charge < -0.3 is 5.32 Å². The molecule has 18 heavy (non-hydrogen) atoms. The molecule has 2 aromatic rings. The number of hydrogen-bond donors (Lipinski definition) is 2. The van der Waals surface area contributed by atoms with Gasteiger partial charge in [0.05, 0.1) is 13.0 Å². The van der Waals surface area contributed by atoms with Crippen LogP contribution in [0.15, 0.2) is 24.5 Å². The van der Waals surface area contributed by atoms with E-state index in [4.69, 9.17) is 0 Å². The molecule has 0 spiro atoms. The van der Waals surface area contributed by atoms with Crippen molar-refractivity contribution in [2.75, 3.05) is 0 Å². The number of carbonyl (C=O) groups excluding carboxylic acids is 1. The number of aromatic nitrogens is 3. The summed E-state index contributed by atoms with van der Waals surface area (Å²) < 4.78 is 26.6. The van der Waals surface area contributed by atoms with Crippen molar-refractivity contribution in [3.8, 4) is 0 Å². The summed E-state index contributed by atoms with van der Waals surface area (Å²) in [6.07, 6.45) is 0.949. The number of hydrogen-bond acceptors (Lipinski definition) is 3. The molecule has 0 radical (unpaired) electrons. The predicted octanol–water partition coefficient (Wildman–Crippen LogP) is 0.942. The fourth-order valence-corrected chi connectivity index (χ4v) is 1.42. The van der Waals surface area contributed by atoms with Gasteiger partial charge in [0.15, 0.2) is 0 Å². The van der Waals surface area contributed by atoms with Gasteiger partial charge in [-0.1, -0.05) is 6.07 Å². The lowest BCUT2D eigenvalue weighted by molar-refractivity contribution is -0.120. The average Bonchev–Trinajstić information content (AvgIpc) is 2.84. The maximum absolute atomic E-state index is 13.3. The van der Waals surface area contributed by atoms with E-state index in [0.717, 1.165) is 12.1 Å². The fraction of sp³-hybridized carbons (Fsp3) is 0.182. The van der Waals surface area contributed by atoms with Crippen LogP contribution in [0.5, 0.6) is 0 Å². The lowest BCUT2D eigenvalue weighted by atomic mass is 10.1. The summed E-state index contributed by atoms with van der Waals surface area (Å²) in [4.78, 5) is 15.3. The number of halogens is 2. The Morgan fingerprint density at radius 3 is 2.67 bits per heavy atom. The number of nitrogens with zero attached hydrogens (tertiary/aromatic N) is 2. The zero-order chi connectivity index (χ0) is 13.0. The van der Waals surface area contributed by atoms with Crippen LogP contribution in [-0.2, 0) is 17.8 Å². The topological polar surface area (TPSA) is 70.7 Å². The van der Waals surface area contributed by atoms with Gasteiger partial charge in [-0.2, -0.15) is 5.10 Å². The van der Waals surface area contributed by atoms with Crippen molar-refractivity contribution in [1.82, 2.24) is 20.5 Å². The first kappa shape index (κ1) is 12.2. The van der Waals surface area contributed by atoms with Gasteiger partial charge in [0, 0.05) is 5.56 Å². The number of rotatable bonds is 4. The Morgan fingerprint density at radius 2 is 2.06 bits per heavy atom. The third-order valence-electron chi connectivity index (χ3n) is 2.32. The van der Waals surface area contributed by atoms with Crippen molar-refractivity contribution in [3.05, 3.63) is 47.5 Å². The van der Waals surface area contributed by atoms with E-state index >= 15 is 0 Å². The smallest absolute Gasteiger partial charge is 0.225 e. The number of carbonyl (C=O) groups is 1. The molecule has 94 valence electrons. The number of aromatic amines is 1. The zero-order valence-electron chi connectivity index (χ0n) is 9.28. The highest BCUT2D eigenvalue weighted by Crippen LogP contribution is 2.12. The molecule has 0 saturated heterocycles. The van der Waals surface area contributed by atoms with Crippen LogP contribution in [0.2, 0.25) is 0 Å². The van der Waals surface area contributed by atoms with Gasteiger partial charge in [-0.3, -0.25) is 9.89 Å². The van der Waals surface area contributed by atoms with Gasteiger partial charge in [-0.15, -0.1) is 0 Å². The molecular weight excluding hydrogens is 242 g/mol. The molecule has 0 saturated carbocycles. The number of amides is 1. The minimum atomic E-state index is -0.732. The Labute approximate surface area is 101 Å². The maximum atomic E-state index is 13.3. The van der Waals surface area contributed by atoms with Crippen molar-refractivity contribution >= 4 is 5.91 Å². The highest BCUT2D eigenvalue weighted by molar-refractivity contribution is 5.78. The highest BCUT2D eigenvalue weighted by Gasteiger charge is 2.12. The molecule has 2 N–H and O–H groups in total. The predicted molar refractivity (Wildman–Crippen MR) is 58.3 cm³/mol. The van der Waals surface area contributed by atoms with Gasteiger partial charge in [-0.05, 0) is 12.1 Å².